The summed E-state index contributed by atoms with van der Waals surface area (Å²) in [7, 11) is 1.92. The lowest BCUT2D eigenvalue weighted by atomic mass is 10.1. The Morgan fingerprint density at radius 1 is 0.966 bits per heavy atom. The van der Waals surface area contributed by atoms with E-state index in [4.69, 9.17) is 0 Å². The molecule has 2 aromatic carbocycles. The Balaban J connectivity index is 1.35. The monoisotopic (exact) mass is 404 g/mol. The van der Waals surface area contributed by atoms with Crippen LogP contribution in [-0.2, 0) is 13.6 Å². The van der Waals surface area contributed by atoms with Gasteiger partial charge in [-0.1, -0.05) is 41.7 Å². The number of fused-ring (bicyclic) bond motifs is 1. The lowest BCUT2D eigenvalue weighted by Crippen LogP contribution is -2.00. The zero-order chi connectivity index (χ0) is 19.8. The van der Waals surface area contributed by atoms with Crippen molar-refractivity contribution in [3.05, 3.63) is 78.4 Å². The molecule has 0 amide bonds. The van der Waals surface area contributed by atoms with Crippen LogP contribution >= 0.6 is 11.3 Å². The highest BCUT2D eigenvalue weighted by atomic mass is 32.1. The lowest BCUT2D eigenvalue weighted by molar-refractivity contribution is 0.628. The van der Waals surface area contributed by atoms with Gasteiger partial charge in [-0.2, -0.15) is 5.10 Å². The second kappa shape index (κ2) is 7.14. The van der Waals surface area contributed by atoms with Crippen LogP contribution in [0.15, 0.2) is 67.0 Å². The smallest absolute Gasteiger partial charge is 0.214 e. The molecule has 0 fully saturated rings. The summed E-state index contributed by atoms with van der Waals surface area (Å²) in [6.07, 6.45) is 3.87. The highest BCUT2D eigenvalue weighted by Crippen LogP contribution is 2.26. The number of imidazole rings is 1. The van der Waals surface area contributed by atoms with E-state index in [1.165, 1.54) is 23.5 Å². The summed E-state index contributed by atoms with van der Waals surface area (Å²) in [4.78, 5) is 5.38. The van der Waals surface area contributed by atoms with Gasteiger partial charge in [-0.25, -0.2) is 13.9 Å². The average molecular weight is 404 g/mol. The molecule has 0 spiro atoms. The molecule has 0 bridgehead atoms. The highest BCUT2D eigenvalue weighted by Gasteiger charge is 2.13. The zero-order valence-electron chi connectivity index (χ0n) is 15.6. The van der Waals surface area contributed by atoms with Crippen molar-refractivity contribution in [2.75, 3.05) is 5.32 Å². The predicted octanol–water partition coefficient (Wildman–Crippen LogP) is 4.61. The Morgan fingerprint density at radius 2 is 1.76 bits per heavy atom. The van der Waals surface area contributed by atoms with Gasteiger partial charge in [0.05, 0.1) is 17.6 Å². The van der Waals surface area contributed by atoms with Gasteiger partial charge in [0, 0.05) is 36.5 Å². The van der Waals surface area contributed by atoms with Crippen molar-refractivity contribution in [1.29, 1.82) is 0 Å². The first kappa shape index (κ1) is 17.6. The molecule has 0 radical (unpaired) electrons. The first-order valence-corrected chi connectivity index (χ1v) is 9.91. The minimum Gasteiger partial charge on any atom is -0.356 e. The van der Waals surface area contributed by atoms with Gasteiger partial charge in [0.15, 0.2) is 0 Å². The molecule has 0 atom stereocenters. The summed E-state index contributed by atoms with van der Waals surface area (Å²) in [5, 5.41) is 13.3. The molecule has 144 valence electrons. The Hall–Kier alpha value is -3.52. The minimum absolute atomic E-state index is 0.260. The van der Waals surface area contributed by atoms with Crippen molar-refractivity contribution < 1.29 is 4.39 Å². The molecule has 0 aliphatic heterocycles. The van der Waals surface area contributed by atoms with Gasteiger partial charge in [0.2, 0.25) is 10.1 Å². The molecule has 8 heteroatoms. The van der Waals surface area contributed by atoms with E-state index in [1.807, 2.05) is 42.3 Å². The van der Waals surface area contributed by atoms with Crippen molar-refractivity contribution in [1.82, 2.24) is 24.4 Å². The molecular weight excluding hydrogens is 387 g/mol. The number of aromatic nitrogens is 5. The largest absolute Gasteiger partial charge is 0.356 e. The van der Waals surface area contributed by atoms with E-state index < -0.39 is 0 Å². The summed E-state index contributed by atoms with van der Waals surface area (Å²) in [6.45, 7) is 0.611. The van der Waals surface area contributed by atoms with E-state index in [1.54, 1.807) is 16.6 Å². The second-order valence-electron chi connectivity index (χ2n) is 6.66. The maximum absolute atomic E-state index is 13.1. The van der Waals surface area contributed by atoms with Crippen LogP contribution < -0.4 is 5.32 Å². The van der Waals surface area contributed by atoms with Gasteiger partial charge in [-0.05, 0) is 24.3 Å². The standard InChI is InChI=1S/C21H17FN6S/c1-27-12-16(19(25-27)15-5-3-2-4-6-15)11-23-20-26-28-13-18(24-21(28)29-20)14-7-9-17(22)10-8-14/h2-10,12-13H,11H2,1H3,(H,23,26). The van der Waals surface area contributed by atoms with E-state index >= 15 is 0 Å². The van der Waals surface area contributed by atoms with Crippen molar-refractivity contribution in [3.63, 3.8) is 0 Å². The van der Waals surface area contributed by atoms with Gasteiger partial charge in [-0.15, -0.1) is 5.10 Å². The molecule has 6 nitrogen and oxygen atoms in total. The average Bonchev–Trinajstić information content (AvgIpc) is 3.40. The van der Waals surface area contributed by atoms with E-state index in [2.05, 4.69) is 32.6 Å². The Labute approximate surface area is 170 Å². The summed E-state index contributed by atoms with van der Waals surface area (Å²) in [5.41, 5.74) is 4.78. The number of hydrogen-bond donors (Lipinski definition) is 1. The first-order valence-electron chi connectivity index (χ1n) is 9.10. The number of halogens is 1. The van der Waals surface area contributed by atoms with Crippen LogP contribution in [0.5, 0.6) is 0 Å². The number of nitrogens with zero attached hydrogens (tertiary/aromatic N) is 5. The number of aryl methyl sites for hydroxylation is 1. The molecule has 1 N–H and O–H groups in total. The number of nitrogens with one attached hydrogen (secondary N) is 1. The predicted molar refractivity (Wildman–Crippen MR) is 112 cm³/mol. The van der Waals surface area contributed by atoms with Gasteiger partial charge < -0.3 is 5.32 Å². The quantitative estimate of drug-likeness (QED) is 0.465. The molecule has 3 aromatic heterocycles. The topological polar surface area (TPSA) is 60.0 Å². The first-order chi connectivity index (χ1) is 14.2. The van der Waals surface area contributed by atoms with Crippen LogP contribution in [0.2, 0.25) is 0 Å². The zero-order valence-corrected chi connectivity index (χ0v) is 16.4. The van der Waals surface area contributed by atoms with E-state index in [0.29, 0.717) is 6.54 Å². The summed E-state index contributed by atoms with van der Waals surface area (Å²) in [6, 6.07) is 16.4. The van der Waals surface area contributed by atoms with Crippen molar-refractivity contribution in [3.8, 4) is 22.5 Å². The third kappa shape index (κ3) is 3.50. The summed E-state index contributed by atoms with van der Waals surface area (Å²) >= 11 is 1.47. The SMILES string of the molecule is Cn1cc(CNc2nn3cc(-c4ccc(F)cc4)nc3s2)c(-c2ccccc2)n1. The van der Waals surface area contributed by atoms with E-state index in [0.717, 1.165) is 38.2 Å². The van der Waals surface area contributed by atoms with Crippen molar-refractivity contribution in [2.24, 2.45) is 7.05 Å². The number of rotatable bonds is 5. The normalized spacial score (nSPS) is 11.2. The van der Waals surface area contributed by atoms with Crippen LogP contribution in [0, 0.1) is 5.82 Å². The summed E-state index contributed by atoms with van der Waals surface area (Å²) in [5.74, 6) is -0.260. The van der Waals surface area contributed by atoms with Gasteiger partial charge in [0.25, 0.3) is 0 Å². The maximum atomic E-state index is 13.1. The third-order valence-corrected chi connectivity index (χ3v) is 5.45. The molecule has 0 unspecified atom stereocenters. The fraction of sp³-hybridized carbons (Fsp3) is 0.0952. The molecular formula is C21H17FN6S. The van der Waals surface area contributed by atoms with Crippen LogP contribution in [0.1, 0.15) is 5.56 Å². The third-order valence-electron chi connectivity index (χ3n) is 4.57. The molecule has 29 heavy (non-hydrogen) atoms. The summed E-state index contributed by atoms with van der Waals surface area (Å²) < 4.78 is 16.7. The highest BCUT2D eigenvalue weighted by molar-refractivity contribution is 7.20. The number of anilines is 1. The number of hydrogen-bond acceptors (Lipinski definition) is 5. The molecule has 5 rings (SSSR count). The molecule has 0 saturated carbocycles. The fourth-order valence-electron chi connectivity index (χ4n) is 3.21. The fourth-order valence-corrected chi connectivity index (χ4v) is 3.99. The molecule has 0 aliphatic rings. The van der Waals surface area contributed by atoms with Gasteiger partial charge in [0.1, 0.15) is 5.82 Å². The Bertz CT molecular complexity index is 1240. The minimum atomic E-state index is -0.260. The maximum Gasteiger partial charge on any atom is 0.214 e. The van der Waals surface area contributed by atoms with E-state index in [9.17, 15) is 4.39 Å². The molecule has 0 aliphatic carbocycles. The molecule has 5 aromatic rings. The Kier molecular flexibility index (Phi) is 4.33. The van der Waals surface area contributed by atoms with Gasteiger partial charge in [-0.3, -0.25) is 4.68 Å². The second-order valence-corrected chi connectivity index (χ2v) is 7.62. The van der Waals surface area contributed by atoms with Crippen molar-refractivity contribution >= 4 is 21.4 Å². The lowest BCUT2D eigenvalue weighted by Gasteiger charge is -2.03. The van der Waals surface area contributed by atoms with Crippen LogP contribution in [-0.4, -0.2) is 24.4 Å². The van der Waals surface area contributed by atoms with Crippen LogP contribution in [0.25, 0.3) is 27.5 Å². The number of benzene rings is 2. The molecule has 0 saturated heterocycles. The van der Waals surface area contributed by atoms with Crippen molar-refractivity contribution in [2.45, 2.75) is 6.54 Å². The molecule has 3 heterocycles. The van der Waals surface area contributed by atoms with E-state index in [-0.39, 0.29) is 5.82 Å². The van der Waals surface area contributed by atoms with Crippen LogP contribution in [0.3, 0.4) is 0 Å². The van der Waals surface area contributed by atoms with Gasteiger partial charge >= 0.3 is 0 Å². The van der Waals surface area contributed by atoms with Crippen LogP contribution in [0.4, 0.5) is 9.52 Å². The Morgan fingerprint density at radius 3 is 2.52 bits per heavy atom.